The number of carbonyl (C=O) groups excluding carboxylic acids is 2. The number of aryl methyl sites for hydroxylation is 1. The molecule has 1 aromatic heterocycles. The molecule has 48 heavy (non-hydrogen) atoms. The van der Waals surface area contributed by atoms with Gasteiger partial charge in [-0.05, 0) is 62.3 Å². The van der Waals surface area contributed by atoms with E-state index in [2.05, 4.69) is 20.8 Å². The number of thiazole rings is 1. The van der Waals surface area contributed by atoms with E-state index in [4.69, 9.17) is 5.21 Å². The first-order chi connectivity index (χ1) is 22.9. The fourth-order valence-electron chi connectivity index (χ4n) is 5.38. The van der Waals surface area contributed by atoms with Gasteiger partial charge in [-0.25, -0.2) is 18.2 Å². The van der Waals surface area contributed by atoms with Gasteiger partial charge in [0.05, 0.1) is 46.6 Å². The molecule has 4 atom stereocenters. The summed E-state index contributed by atoms with van der Waals surface area (Å²) in [5.41, 5.74) is 1.99. The number of aliphatic hydroxyl groups excluding tert-OH is 2. The van der Waals surface area contributed by atoms with Crippen LogP contribution in [0, 0.1) is 12.8 Å². The van der Waals surface area contributed by atoms with Crippen molar-refractivity contribution < 1.29 is 33.4 Å². The molecular formula is C33H44N6O7S2. The number of oxime groups is 1. The number of amides is 3. The molecule has 0 saturated heterocycles. The summed E-state index contributed by atoms with van der Waals surface area (Å²) in [5.74, 6) is -0.597. The Morgan fingerprint density at radius 1 is 1.10 bits per heavy atom. The minimum atomic E-state index is -4.07. The SMILES string of the molecule is Cc1nc(CN(C)C(=O)N[C@H](C(=O)N[C@@H](Cc2ccccc2)[C@H](O)CN(CC2CCC2)S(=O)(=O)c2ccc(C=NO)cc2)[C@@H](C)O)cs1. The Bertz CT molecular complexity index is 1630. The van der Waals surface area contributed by atoms with Gasteiger partial charge in [-0.1, -0.05) is 54.0 Å². The van der Waals surface area contributed by atoms with E-state index in [-0.39, 0.29) is 36.9 Å². The molecule has 1 aliphatic carbocycles. The van der Waals surface area contributed by atoms with Gasteiger partial charge in [0.25, 0.3) is 0 Å². The number of hydrogen-bond donors (Lipinski definition) is 5. The van der Waals surface area contributed by atoms with E-state index in [1.807, 2.05) is 42.6 Å². The van der Waals surface area contributed by atoms with Crippen LogP contribution in [0.1, 0.15) is 48.0 Å². The average Bonchev–Trinajstić information content (AvgIpc) is 3.44. The third kappa shape index (κ3) is 10.1. The Kier molecular flexibility index (Phi) is 13.1. The van der Waals surface area contributed by atoms with Crippen molar-refractivity contribution in [2.45, 2.75) is 75.3 Å². The molecule has 0 unspecified atom stereocenters. The number of nitrogens with zero attached hydrogens (tertiary/aromatic N) is 4. The van der Waals surface area contributed by atoms with E-state index >= 15 is 0 Å². The number of nitrogens with one attached hydrogen (secondary N) is 2. The zero-order valence-electron chi connectivity index (χ0n) is 27.3. The molecule has 2 aromatic carbocycles. The highest BCUT2D eigenvalue weighted by atomic mass is 32.2. The highest BCUT2D eigenvalue weighted by Crippen LogP contribution is 2.30. The maximum absolute atomic E-state index is 13.9. The van der Waals surface area contributed by atoms with E-state index in [9.17, 15) is 28.2 Å². The molecule has 1 heterocycles. The van der Waals surface area contributed by atoms with Gasteiger partial charge in [-0.15, -0.1) is 11.3 Å². The lowest BCUT2D eigenvalue weighted by Gasteiger charge is -2.35. The van der Waals surface area contributed by atoms with Gasteiger partial charge < -0.3 is 31.0 Å². The summed E-state index contributed by atoms with van der Waals surface area (Å²) in [6.07, 6.45) is 1.43. The number of urea groups is 1. The molecule has 0 radical (unpaired) electrons. The smallest absolute Gasteiger partial charge is 0.318 e. The Morgan fingerprint density at radius 3 is 2.35 bits per heavy atom. The summed E-state index contributed by atoms with van der Waals surface area (Å²) in [4.78, 5) is 32.4. The topological polar surface area (TPSA) is 185 Å². The van der Waals surface area contributed by atoms with E-state index in [1.54, 1.807) is 7.05 Å². The van der Waals surface area contributed by atoms with Crippen LogP contribution in [-0.4, -0.2) is 101 Å². The maximum atomic E-state index is 13.9. The number of benzene rings is 2. The molecule has 15 heteroatoms. The molecule has 260 valence electrons. The van der Waals surface area contributed by atoms with Crippen LogP contribution in [0.4, 0.5) is 4.79 Å². The maximum Gasteiger partial charge on any atom is 0.318 e. The van der Waals surface area contributed by atoms with Crippen LogP contribution in [-0.2, 0) is 27.8 Å². The molecule has 3 amide bonds. The summed E-state index contributed by atoms with van der Waals surface area (Å²) in [6, 6.07) is 12.0. The van der Waals surface area contributed by atoms with Crippen molar-refractivity contribution in [3.8, 4) is 0 Å². The number of aliphatic hydroxyl groups is 2. The second kappa shape index (κ2) is 17.0. The molecule has 5 N–H and O–H groups in total. The number of carbonyl (C=O) groups is 2. The van der Waals surface area contributed by atoms with Crippen LogP contribution in [0.5, 0.6) is 0 Å². The Labute approximate surface area is 285 Å². The highest BCUT2D eigenvalue weighted by Gasteiger charge is 2.35. The molecule has 13 nitrogen and oxygen atoms in total. The van der Waals surface area contributed by atoms with Crippen LogP contribution in [0.25, 0.3) is 0 Å². The lowest BCUT2D eigenvalue weighted by Crippen LogP contribution is -2.59. The predicted molar refractivity (Wildman–Crippen MR) is 182 cm³/mol. The Morgan fingerprint density at radius 2 is 1.79 bits per heavy atom. The molecule has 1 saturated carbocycles. The van der Waals surface area contributed by atoms with Crippen LogP contribution in [0.2, 0.25) is 0 Å². The molecule has 0 spiro atoms. The third-order valence-corrected chi connectivity index (χ3v) is 11.0. The molecule has 1 aliphatic rings. The number of hydrogen-bond acceptors (Lipinski definition) is 10. The monoisotopic (exact) mass is 700 g/mol. The lowest BCUT2D eigenvalue weighted by atomic mass is 9.85. The average molecular weight is 701 g/mol. The van der Waals surface area contributed by atoms with Gasteiger partial charge in [-0.3, -0.25) is 4.79 Å². The van der Waals surface area contributed by atoms with Crippen LogP contribution >= 0.6 is 11.3 Å². The third-order valence-electron chi connectivity index (χ3n) is 8.35. The molecular weight excluding hydrogens is 657 g/mol. The standard InChI is InChI=1S/C33H44N6O7S2/c1-22(40)31(37-33(43)38(3)19-27-21-47-23(2)35-27)32(42)36-29(16-24-8-5-4-6-9-24)30(41)20-39(18-26-10-7-11-26)48(45,46)28-14-12-25(13-15-28)17-34-44/h4-6,8-9,12-15,17,21-22,26,29-31,40-41,44H,7,10-11,16,18-20H2,1-3H3,(H,36,42)(H,37,43)/t22-,29+,30-,31+/m1/s1. The minimum absolute atomic E-state index is 0.0153. The fraction of sp³-hybridized carbons (Fsp3) is 0.455. The van der Waals surface area contributed by atoms with Crippen LogP contribution < -0.4 is 10.6 Å². The largest absolute Gasteiger partial charge is 0.411 e. The van der Waals surface area contributed by atoms with Crippen molar-refractivity contribution in [3.05, 3.63) is 81.8 Å². The first-order valence-electron chi connectivity index (χ1n) is 15.8. The van der Waals surface area contributed by atoms with E-state index in [0.29, 0.717) is 11.3 Å². The van der Waals surface area contributed by atoms with Crippen molar-refractivity contribution in [3.63, 3.8) is 0 Å². The van der Waals surface area contributed by atoms with E-state index in [1.165, 1.54) is 57.9 Å². The van der Waals surface area contributed by atoms with Crippen molar-refractivity contribution in [2.75, 3.05) is 20.1 Å². The Hall–Kier alpha value is -3.89. The second-order valence-corrected chi connectivity index (χ2v) is 15.2. The molecule has 4 rings (SSSR count). The zero-order valence-corrected chi connectivity index (χ0v) is 28.9. The van der Waals surface area contributed by atoms with Crippen molar-refractivity contribution in [2.24, 2.45) is 11.1 Å². The van der Waals surface area contributed by atoms with Crippen molar-refractivity contribution in [1.29, 1.82) is 0 Å². The van der Waals surface area contributed by atoms with Gasteiger partial charge in [0.1, 0.15) is 6.04 Å². The molecule has 1 fully saturated rings. The number of sulfonamides is 1. The lowest BCUT2D eigenvalue weighted by molar-refractivity contribution is -0.127. The van der Waals surface area contributed by atoms with E-state index in [0.717, 1.165) is 29.8 Å². The zero-order chi connectivity index (χ0) is 34.8. The first-order valence-corrected chi connectivity index (χ1v) is 18.1. The number of rotatable bonds is 16. The first kappa shape index (κ1) is 36.9. The summed E-state index contributed by atoms with van der Waals surface area (Å²) >= 11 is 1.45. The van der Waals surface area contributed by atoms with Crippen LogP contribution in [0.3, 0.4) is 0 Å². The van der Waals surface area contributed by atoms with Crippen molar-refractivity contribution in [1.82, 2.24) is 24.8 Å². The van der Waals surface area contributed by atoms with Crippen molar-refractivity contribution >= 4 is 39.5 Å². The summed E-state index contributed by atoms with van der Waals surface area (Å²) in [7, 11) is -2.52. The van der Waals surface area contributed by atoms with Gasteiger partial charge in [0.2, 0.25) is 15.9 Å². The Balaban J connectivity index is 1.54. The minimum Gasteiger partial charge on any atom is -0.411 e. The summed E-state index contributed by atoms with van der Waals surface area (Å²) in [6.45, 7) is 3.32. The normalized spacial score (nSPS) is 16.2. The molecule has 3 aromatic rings. The second-order valence-electron chi connectivity index (χ2n) is 12.2. The summed E-state index contributed by atoms with van der Waals surface area (Å²) in [5, 5.41) is 42.0. The molecule has 0 aliphatic heterocycles. The van der Waals surface area contributed by atoms with Gasteiger partial charge >= 0.3 is 6.03 Å². The van der Waals surface area contributed by atoms with Gasteiger partial charge in [-0.2, -0.15) is 4.31 Å². The van der Waals surface area contributed by atoms with Gasteiger partial charge in [0.15, 0.2) is 0 Å². The highest BCUT2D eigenvalue weighted by molar-refractivity contribution is 7.89. The van der Waals surface area contributed by atoms with E-state index < -0.39 is 46.3 Å². The molecule has 0 bridgehead atoms. The van der Waals surface area contributed by atoms with Crippen LogP contribution in [0.15, 0.2) is 70.0 Å². The summed E-state index contributed by atoms with van der Waals surface area (Å²) < 4.78 is 29.0. The quantitative estimate of drug-likeness (QED) is 0.0858. The fourth-order valence-corrected chi connectivity index (χ4v) is 7.52. The predicted octanol–water partition coefficient (Wildman–Crippen LogP) is 2.73. The van der Waals surface area contributed by atoms with Gasteiger partial charge in [0, 0.05) is 25.5 Å². The number of aromatic nitrogens is 1.